The molecule has 0 radical (unpaired) electrons. The highest BCUT2D eigenvalue weighted by Crippen LogP contribution is 2.43. The first-order valence-corrected chi connectivity index (χ1v) is 8.44. The van der Waals surface area contributed by atoms with E-state index in [2.05, 4.69) is 5.43 Å². The lowest BCUT2D eigenvalue weighted by molar-refractivity contribution is -0.191. The molecule has 0 spiro atoms. The van der Waals surface area contributed by atoms with Crippen molar-refractivity contribution < 1.29 is 22.7 Å². The van der Waals surface area contributed by atoms with Crippen molar-refractivity contribution >= 4 is 16.7 Å². The average molecular weight is 366 g/mol. The third kappa shape index (κ3) is 3.23. The summed E-state index contributed by atoms with van der Waals surface area (Å²) in [6, 6.07) is 7.90. The lowest BCUT2D eigenvalue weighted by Gasteiger charge is -2.30. The molecular weight excluding hydrogens is 345 g/mol. The molecule has 7 heteroatoms. The van der Waals surface area contributed by atoms with E-state index in [1.165, 1.54) is 6.07 Å². The van der Waals surface area contributed by atoms with Gasteiger partial charge >= 0.3 is 6.18 Å². The molecular formula is C19H21F3N2O2. The van der Waals surface area contributed by atoms with E-state index in [-0.39, 0.29) is 12.1 Å². The van der Waals surface area contributed by atoms with Crippen LogP contribution in [0.25, 0.3) is 10.8 Å². The van der Waals surface area contributed by atoms with E-state index in [9.17, 15) is 18.0 Å². The van der Waals surface area contributed by atoms with Crippen LogP contribution in [0, 0.1) is 5.41 Å². The second-order valence-electron chi connectivity index (χ2n) is 7.03. The van der Waals surface area contributed by atoms with Crippen LogP contribution in [0.1, 0.15) is 32.4 Å². The van der Waals surface area contributed by atoms with E-state index in [1.54, 1.807) is 44.2 Å². The summed E-state index contributed by atoms with van der Waals surface area (Å²) in [6.07, 6.45) is -4.55. The number of fused-ring (bicyclic) bond motifs is 1. The maximum Gasteiger partial charge on any atom is 0.409 e. The van der Waals surface area contributed by atoms with Crippen molar-refractivity contribution in [2.24, 2.45) is 5.41 Å². The molecule has 0 bridgehead atoms. The third-order valence-electron chi connectivity index (χ3n) is 4.56. The molecule has 1 aliphatic rings. The zero-order chi connectivity index (χ0) is 19.1. The van der Waals surface area contributed by atoms with Crippen molar-refractivity contribution in [1.29, 1.82) is 0 Å². The van der Waals surface area contributed by atoms with Gasteiger partial charge in [0.15, 0.2) is 6.04 Å². The van der Waals surface area contributed by atoms with Gasteiger partial charge < -0.3 is 4.74 Å². The Hall–Kier alpha value is -2.28. The molecule has 0 saturated carbocycles. The molecule has 1 amide bonds. The monoisotopic (exact) mass is 366 g/mol. The fraction of sp³-hybridized carbons (Fsp3) is 0.421. The maximum atomic E-state index is 14.0. The highest BCUT2D eigenvalue weighted by atomic mass is 19.4. The van der Waals surface area contributed by atoms with Gasteiger partial charge in [0.25, 0.3) is 0 Å². The van der Waals surface area contributed by atoms with Crippen molar-refractivity contribution in [1.82, 2.24) is 10.4 Å². The van der Waals surface area contributed by atoms with Crippen molar-refractivity contribution in [3.05, 3.63) is 42.0 Å². The van der Waals surface area contributed by atoms with E-state index >= 15 is 0 Å². The molecule has 140 valence electrons. The summed E-state index contributed by atoms with van der Waals surface area (Å²) < 4.78 is 47.5. The van der Waals surface area contributed by atoms with Gasteiger partial charge in [-0.15, -0.1) is 0 Å². The Balaban J connectivity index is 2.14. The molecule has 1 aliphatic heterocycles. The van der Waals surface area contributed by atoms with Crippen molar-refractivity contribution in [2.75, 3.05) is 13.2 Å². The molecule has 2 aromatic rings. The number of nitrogens with one attached hydrogen (secondary N) is 1. The lowest BCUT2D eigenvalue weighted by atomic mass is 9.93. The molecule has 1 atom stereocenters. The standard InChI is InChI=1S/C19H21F3N2O2/c1-4-26-15-10-6-7-12-13(15)8-5-9-14(12)16(19(20,21)22)24-11-18(2,3)17(25)23-24/h5-10,16H,4,11H2,1-3H3,(H,23,25)/t16-/m0/s1. The molecule has 3 rings (SSSR count). The van der Waals surface area contributed by atoms with Crippen LogP contribution in [-0.2, 0) is 4.79 Å². The summed E-state index contributed by atoms with van der Waals surface area (Å²) in [5.41, 5.74) is 1.60. The number of benzene rings is 2. The molecule has 1 fully saturated rings. The third-order valence-corrected chi connectivity index (χ3v) is 4.56. The van der Waals surface area contributed by atoms with Crippen LogP contribution >= 0.6 is 0 Å². The summed E-state index contributed by atoms with van der Waals surface area (Å²) in [5, 5.41) is 2.07. The molecule has 1 heterocycles. The number of amides is 1. The van der Waals surface area contributed by atoms with E-state index in [4.69, 9.17) is 4.74 Å². The number of alkyl halides is 3. The number of halogens is 3. The molecule has 0 aromatic heterocycles. The molecule has 1 saturated heterocycles. The molecule has 2 aromatic carbocycles. The number of hydrazine groups is 1. The highest BCUT2D eigenvalue weighted by molar-refractivity contribution is 5.91. The number of rotatable bonds is 4. The fourth-order valence-corrected chi connectivity index (χ4v) is 3.32. The van der Waals surface area contributed by atoms with Gasteiger partial charge in [-0.2, -0.15) is 13.2 Å². The van der Waals surface area contributed by atoms with Gasteiger partial charge in [-0.3, -0.25) is 10.2 Å². The number of hydrogen-bond donors (Lipinski definition) is 1. The Morgan fingerprint density at radius 3 is 2.42 bits per heavy atom. The topological polar surface area (TPSA) is 41.6 Å². The second-order valence-corrected chi connectivity index (χ2v) is 7.03. The molecule has 4 nitrogen and oxygen atoms in total. The molecule has 26 heavy (non-hydrogen) atoms. The number of carbonyl (C=O) groups is 1. The van der Waals surface area contributed by atoms with Crippen molar-refractivity contribution in [2.45, 2.75) is 33.0 Å². The fourth-order valence-electron chi connectivity index (χ4n) is 3.32. The average Bonchev–Trinajstić information content (AvgIpc) is 2.80. The molecule has 0 unspecified atom stereocenters. The molecule has 0 aliphatic carbocycles. The summed E-state index contributed by atoms with van der Waals surface area (Å²) in [7, 11) is 0. The minimum Gasteiger partial charge on any atom is -0.493 e. The zero-order valence-corrected chi connectivity index (χ0v) is 14.9. The largest absolute Gasteiger partial charge is 0.493 e. The van der Waals surface area contributed by atoms with Crippen LogP contribution in [0.15, 0.2) is 36.4 Å². The Morgan fingerprint density at radius 1 is 1.19 bits per heavy atom. The van der Waals surface area contributed by atoms with Gasteiger partial charge in [0.2, 0.25) is 5.91 Å². The van der Waals surface area contributed by atoms with Gasteiger partial charge in [0, 0.05) is 11.9 Å². The summed E-state index contributed by atoms with van der Waals surface area (Å²) >= 11 is 0. The Labute approximate surface area is 149 Å². The van der Waals surface area contributed by atoms with Crippen molar-refractivity contribution in [3.8, 4) is 5.75 Å². The Bertz CT molecular complexity index is 833. The summed E-state index contributed by atoms with van der Waals surface area (Å²) in [6.45, 7) is 5.47. The zero-order valence-electron chi connectivity index (χ0n) is 14.9. The van der Waals surface area contributed by atoms with Crippen LogP contribution in [0.5, 0.6) is 5.75 Å². The quantitative estimate of drug-likeness (QED) is 0.881. The lowest BCUT2D eigenvalue weighted by Crippen LogP contribution is -2.43. The van der Waals surface area contributed by atoms with E-state index < -0.39 is 23.5 Å². The van der Waals surface area contributed by atoms with Crippen LogP contribution < -0.4 is 10.2 Å². The van der Waals surface area contributed by atoms with Gasteiger partial charge in [-0.25, -0.2) is 5.01 Å². The Kier molecular flexibility index (Phi) is 4.60. The Morgan fingerprint density at radius 2 is 1.85 bits per heavy atom. The number of ether oxygens (including phenoxy) is 1. The minimum absolute atomic E-state index is 0.0302. The van der Waals surface area contributed by atoms with Gasteiger partial charge in [0.1, 0.15) is 5.75 Å². The predicted octanol–water partition coefficient (Wildman–Crippen LogP) is 4.21. The first-order valence-electron chi connectivity index (χ1n) is 8.44. The number of carbonyl (C=O) groups excluding carboxylic acids is 1. The van der Waals surface area contributed by atoms with Gasteiger partial charge in [-0.1, -0.05) is 30.3 Å². The predicted molar refractivity (Wildman–Crippen MR) is 92.5 cm³/mol. The number of hydrogen-bond acceptors (Lipinski definition) is 3. The van der Waals surface area contributed by atoms with E-state index in [0.29, 0.717) is 23.1 Å². The SMILES string of the molecule is CCOc1cccc2c([C@H](N3CC(C)(C)C(=O)N3)C(F)(F)F)cccc12. The van der Waals surface area contributed by atoms with Crippen LogP contribution in [-0.4, -0.2) is 30.2 Å². The maximum absolute atomic E-state index is 14.0. The summed E-state index contributed by atoms with van der Waals surface area (Å²) in [5.74, 6) is 0.126. The highest BCUT2D eigenvalue weighted by Gasteiger charge is 2.51. The van der Waals surface area contributed by atoms with Gasteiger partial charge in [-0.05, 0) is 37.8 Å². The first kappa shape index (κ1) is 18.5. The first-order chi connectivity index (χ1) is 12.1. The van der Waals surface area contributed by atoms with Crippen LogP contribution in [0.3, 0.4) is 0 Å². The van der Waals surface area contributed by atoms with E-state index in [0.717, 1.165) is 5.01 Å². The minimum atomic E-state index is -4.55. The van der Waals surface area contributed by atoms with Gasteiger partial charge in [0.05, 0.1) is 12.0 Å². The smallest absolute Gasteiger partial charge is 0.409 e. The van der Waals surface area contributed by atoms with Crippen LogP contribution in [0.2, 0.25) is 0 Å². The summed E-state index contributed by atoms with van der Waals surface area (Å²) in [4.78, 5) is 12.0. The normalized spacial score (nSPS) is 18.8. The molecule has 1 N–H and O–H groups in total. The number of nitrogens with zero attached hydrogens (tertiary/aromatic N) is 1. The van der Waals surface area contributed by atoms with E-state index in [1.807, 2.05) is 6.92 Å². The van der Waals surface area contributed by atoms with Crippen molar-refractivity contribution in [3.63, 3.8) is 0 Å². The second kappa shape index (κ2) is 6.46. The van der Waals surface area contributed by atoms with Crippen LogP contribution in [0.4, 0.5) is 13.2 Å².